The minimum atomic E-state index is -0.955. The molecule has 2 heterocycles. The molecule has 4 rings (SSSR count). The summed E-state index contributed by atoms with van der Waals surface area (Å²) in [6.07, 6.45) is 0.833. The topological polar surface area (TPSA) is 156 Å². The fourth-order valence-electron chi connectivity index (χ4n) is 4.35. The molecule has 9 nitrogen and oxygen atoms in total. The lowest BCUT2D eigenvalue weighted by atomic mass is 9.84. The Hall–Kier alpha value is -3.11. The van der Waals surface area contributed by atoms with Gasteiger partial charge in [0.05, 0.1) is 12.7 Å². The average Bonchev–Trinajstić information content (AvgIpc) is 2.80. The second-order valence-electron chi connectivity index (χ2n) is 8.77. The number of rotatable bonds is 8. The number of anilines is 1. The third kappa shape index (κ3) is 4.60. The molecule has 0 amide bonds. The molecular weight excluding hydrogens is 442 g/mol. The van der Waals surface area contributed by atoms with E-state index in [1.165, 1.54) is 6.07 Å². The molecule has 182 valence electrons. The van der Waals surface area contributed by atoms with E-state index in [0.717, 1.165) is 17.2 Å². The highest BCUT2D eigenvalue weighted by Crippen LogP contribution is 2.43. The SMILES string of the molecule is CC1(CCc2ccc(N)c(CCOCO)c2)Oc2cc3oc(CO)cc(=O)c3c(O)c2CC1O. The third-order valence-electron chi connectivity index (χ3n) is 6.43. The highest BCUT2D eigenvalue weighted by Gasteiger charge is 2.41. The van der Waals surface area contributed by atoms with Crippen molar-refractivity contribution >= 4 is 16.7 Å². The predicted octanol–water partition coefficient (Wildman–Crippen LogP) is 1.77. The first-order valence-electron chi connectivity index (χ1n) is 11.1. The van der Waals surface area contributed by atoms with Crippen LogP contribution in [0.15, 0.2) is 39.5 Å². The van der Waals surface area contributed by atoms with E-state index in [4.69, 9.17) is 24.7 Å². The largest absolute Gasteiger partial charge is 0.507 e. The molecule has 2 unspecified atom stereocenters. The van der Waals surface area contributed by atoms with Gasteiger partial charge >= 0.3 is 0 Å². The molecule has 9 heteroatoms. The summed E-state index contributed by atoms with van der Waals surface area (Å²) < 4.78 is 16.7. The first kappa shape index (κ1) is 24.0. The molecule has 3 aromatic rings. The number of aryl methyl sites for hydroxylation is 1. The van der Waals surface area contributed by atoms with Crippen molar-refractivity contribution in [1.29, 1.82) is 0 Å². The van der Waals surface area contributed by atoms with Crippen molar-refractivity contribution in [2.45, 2.75) is 50.9 Å². The number of hydrogen-bond acceptors (Lipinski definition) is 9. The molecule has 0 bridgehead atoms. The van der Waals surface area contributed by atoms with Crippen LogP contribution in [0.5, 0.6) is 11.5 Å². The van der Waals surface area contributed by atoms with E-state index in [1.807, 2.05) is 18.2 Å². The van der Waals surface area contributed by atoms with Crippen molar-refractivity contribution in [3.63, 3.8) is 0 Å². The maximum atomic E-state index is 12.4. The Morgan fingerprint density at radius 1 is 1.21 bits per heavy atom. The van der Waals surface area contributed by atoms with Gasteiger partial charge in [0.25, 0.3) is 0 Å². The van der Waals surface area contributed by atoms with E-state index in [-0.39, 0.29) is 35.7 Å². The zero-order chi connectivity index (χ0) is 24.5. The summed E-state index contributed by atoms with van der Waals surface area (Å²) in [4.78, 5) is 12.4. The van der Waals surface area contributed by atoms with Crippen LogP contribution in [0.4, 0.5) is 5.69 Å². The van der Waals surface area contributed by atoms with Gasteiger partial charge in [0.2, 0.25) is 0 Å². The number of aromatic hydroxyl groups is 1. The van der Waals surface area contributed by atoms with Gasteiger partial charge in [-0.15, -0.1) is 0 Å². The van der Waals surface area contributed by atoms with Crippen molar-refractivity contribution in [2.24, 2.45) is 0 Å². The van der Waals surface area contributed by atoms with Gasteiger partial charge in [0, 0.05) is 29.8 Å². The summed E-state index contributed by atoms with van der Waals surface area (Å²) in [5.74, 6) is 0.134. The third-order valence-corrected chi connectivity index (χ3v) is 6.43. The normalized spacial score (nSPS) is 19.7. The van der Waals surface area contributed by atoms with Crippen LogP contribution in [-0.2, 0) is 30.6 Å². The number of nitrogens with two attached hydrogens (primary N) is 1. The molecule has 1 aliphatic heterocycles. The Balaban J connectivity index is 1.58. The Labute approximate surface area is 196 Å². The molecule has 6 N–H and O–H groups in total. The molecular formula is C25H29NO8. The van der Waals surface area contributed by atoms with Crippen LogP contribution in [0.2, 0.25) is 0 Å². The van der Waals surface area contributed by atoms with Crippen LogP contribution in [0.3, 0.4) is 0 Å². The maximum Gasteiger partial charge on any atom is 0.196 e. The predicted molar refractivity (Wildman–Crippen MR) is 125 cm³/mol. The molecule has 1 aromatic heterocycles. The number of hydrogen-bond donors (Lipinski definition) is 5. The van der Waals surface area contributed by atoms with E-state index in [0.29, 0.717) is 42.9 Å². The minimum Gasteiger partial charge on any atom is -0.507 e. The van der Waals surface area contributed by atoms with Gasteiger partial charge in [-0.1, -0.05) is 12.1 Å². The van der Waals surface area contributed by atoms with Gasteiger partial charge in [-0.05, 0) is 43.4 Å². The lowest BCUT2D eigenvalue weighted by molar-refractivity contribution is -0.0595. The van der Waals surface area contributed by atoms with Gasteiger partial charge < -0.3 is 40.1 Å². The monoisotopic (exact) mass is 471 g/mol. The standard InChI is InChI=1S/C25H29NO8/c1-25(6-4-14-2-3-18(26)15(8-14)5-7-32-13-28)22(30)10-17-20(34-25)11-21-23(24(17)31)19(29)9-16(12-27)33-21/h2-3,8-9,11,22,27-28,30-31H,4-7,10,12-13,26H2,1H3. The highest BCUT2D eigenvalue weighted by atomic mass is 16.6. The molecule has 0 radical (unpaired) electrons. The fourth-order valence-corrected chi connectivity index (χ4v) is 4.35. The fraction of sp³-hybridized carbons (Fsp3) is 0.400. The number of aliphatic hydroxyl groups is 3. The second-order valence-corrected chi connectivity index (χ2v) is 8.77. The van der Waals surface area contributed by atoms with E-state index >= 15 is 0 Å². The zero-order valence-electron chi connectivity index (χ0n) is 18.9. The number of fused-ring (bicyclic) bond motifs is 2. The molecule has 2 aromatic carbocycles. The molecule has 2 atom stereocenters. The Morgan fingerprint density at radius 3 is 2.74 bits per heavy atom. The average molecular weight is 472 g/mol. The van der Waals surface area contributed by atoms with Crippen molar-refractivity contribution in [3.8, 4) is 11.5 Å². The molecule has 34 heavy (non-hydrogen) atoms. The van der Waals surface area contributed by atoms with E-state index in [1.54, 1.807) is 6.92 Å². The van der Waals surface area contributed by atoms with Crippen LogP contribution in [0.1, 0.15) is 35.8 Å². The second kappa shape index (κ2) is 9.63. The van der Waals surface area contributed by atoms with Crippen LogP contribution in [0.25, 0.3) is 11.0 Å². The highest BCUT2D eigenvalue weighted by molar-refractivity contribution is 5.87. The van der Waals surface area contributed by atoms with Gasteiger partial charge in [0.1, 0.15) is 47.2 Å². The molecule has 0 fully saturated rings. The Morgan fingerprint density at radius 2 is 2.00 bits per heavy atom. The number of benzene rings is 2. The van der Waals surface area contributed by atoms with Gasteiger partial charge in [-0.3, -0.25) is 4.79 Å². The van der Waals surface area contributed by atoms with Crippen LogP contribution in [-0.4, -0.2) is 45.5 Å². The van der Waals surface area contributed by atoms with Crippen LogP contribution >= 0.6 is 0 Å². The molecule has 0 saturated carbocycles. The summed E-state index contributed by atoms with van der Waals surface area (Å²) in [7, 11) is 0. The minimum absolute atomic E-state index is 0.00469. The quantitative estimate of drug-likeness (QED) is 0.188. The van der Waals surface area contributed by atoms with Crippen LogP contribution in [0, 0.1) is 0 Å². The Bertz CT molecular complexity index is 1250. The van der Waals surface area contributed by atoms with E-state index in [9.17, 15) is 20.1 Å². The van der Waals surface area contributed by atoms with E-state index < -0.39 is 23.7 Å². The van der Waals surface area contributed by atoms with Crippen molar-refractivity contribution < 1.29 is 34.3 Å². The zero-order valence-corrected chi connectivity index (χ0v) is 18.9. The number of phenols is 1. The van der Waals surface area contributed by atoms with Crippen molar-refractivity contribution in [2.75, 3.05) is 19.1 Å². The van der Waals surface area contributed by atoms with Gasteiger partial charge in [-0.2, -0.15) is 0 Å². The van der Waals surface area contributed by atoms with Gasteiger partial charge in [-0.25, -0.2) is 0 Å². The summed E-state index contributed by atoms with van der Waals surface area (Å²) in [6, 6.07) is 8.38. The lowest BCUT2D eigenvalue weighted by Crippen LogP contribution is -2.49. The first-order chi connectivity index (χ1) is 16.3. The summed E-state index contributed by atoms with van der Waals surface area (Å²) >= 11 is 0. The number of aliphatic hydroxyl groups excluding tert-OH is 3. The molecule has 0 spiro atoms. The lowest BCUT2D eigenvalue weighted by Gasteiger charge is -2.40. The van der Waals surface area contributed by atoms with E-state index in [2.05, 4.69) is 0 Å². The number of ether oxygens (including phenoxy) is 2. The maximum absolute atomic E-state index is 12.4. The summed E-state index contributed by atoms with van der Waals surface area (Å²) in [5, 5.41) is 39.8. The van der Waals surface area contributed by atoms with Crippen molar-refractivity contribution in [1.82, 2.24) is 0 Å². The molecule has 1 aliphatic rings. The van der Waals surface area contributed by atoms with Crippen molar-refractivity contribution in [3.05, 3.63) is 63.0 Å². The number of phenolic OH excluding ortho intramolecular Hbond substituents is 1. The smallest absolute Gasteiger partial charge is 0.196 e. The molecule has 0 aliphatic carbocycles. The molecule has 0 saturated heterocycles. The summed E-state index contributed by atoms with van der Waals surface area (Å²) in [6.45, 7) is 1.36. The summed E-state index contributed by atoms with van der Waals surface area (Å²) in [5.41, 5.74) is 7.65. The Kier molecular flexibility index (Phi) is 6.81. The van der Waals surface area contributed by atoms with Crippen LogP contribution < -0.4 is 15.9 Å². The number of nitrogen functional groups attached to an aromatic ring is 1. The van der Waals surface area contributed by atoms with Gasteiger partial charge in [0.15, 0.2) is 5.43 Å². The first-order valence-corrected chi connectivity index (χ1v) is 11.1.